The molecule has 8 heteroatoms. The number of aryl methyl sites for hydroxylation is 2. The van der Waals surface area contributed by atoms with Crippen molar-refractivity contribution in [2.75, 3.05) is 0 Å². The number of hydrogen-bond acceptors (Lipinski definition) is 4. The number of carbonyl (C=O) groups is 2. The van der Waals surface area contributed by atoms with Crippen LogP contribution in [-0.4, -0.2) is 37.0 Å². The number of aromatic amines is 1. The van der Waals surface area contributed by atoms with Crippen molar-refractivity contribution in [3.63, 3.8) is 0 Å². The fraction of sp³-hybridized carbons (Fsp3) is 0.250. The predicted molar refractivity (Wildman–Crippen MR) is 86.6 cm³/mol. The van der Waals surface area contributed by atoms with Gasteiger partial charge in [0.25, 0.3) is 5.91 Å². The van der Waals surface area contributed by atoms with Gasteiger partial charge in [-0.25, -0.2) is 4.68 Å². The first kappa shape index (κ1) is 15.7. The third-order valence-corrected chi connectivity index (χ3v) is 3.90. The molecule has 0 aliphatic carbocycles. The molecule has 1 aromatic carbocycles. The number of H-pyrrole nitrogens is 1. The molecular weight excluding hydrogens is 310 g/mol. The Hall–Kier alpha value is -3.16. The zero-order valence-corrected chi connectivity index (χ0v) is 13.3. The fourth-order valence-electron chi connectivity index (χ4n) is 2.57. The van der Waals surface area contributed by atoms with Crippen molar-refractivity contribution in [2.24, 2.45) is 0 Å². The third kappa shape index (κ3) is 2.98. The Morgan fingerprint density at radius 2 is 2.12 bits per heavy atom. The van der Waals surface area contributed by atoms with Crippen LogP contribution >= 0.6 is 0 Å². The number of nitrogens with zero attached hydrogens (tertiary/aromatic N) is 3. The lowest BCUT2D eigenvalue weighted by Crippen LogP contribution is -2.23. The molecule has 0 saturated carbocycles. The molecule has 8 nitrogen and oxygen atoms in total. The van der Waals surface area contributed by atoms with Crippen molar-refractivity contribution < 1.29 is 14.7 Å². The number of carboxylic acids is 1. The number of nitrogens with one attached hydrogen (secondary N) is 2. The zero-order valence-electron chi connectivity index (χ0n) is 13.3. The summed E-state index contributed by atoms with van der Waals surface area (Å²) in [5.41, 5.74) is 4.01. The monoisotopic (exact) mass is 327 g/mol. The zero-order chi connectivity index (χ0) is 17.3. The van der Waals surface area contributed by atoms with Crippen molar-refractivity contribution in [2.45, 2.75) is 26.9 Å². The van der Waals surface area contributed by atoms with Crippen LogP contribution in [0.25, 0.3) is 10.9 Å². The van der Waals surface area contributed by atoms with Gasteiger partial charge in [-0.1, -0.05) is 17.3 Å². The summed E-state index contributed by atoms with van der Waals surface area (Å²) in [6.07, 6.45) is 1.50. The summed E-state index contributed by atoms with van der Waals surface area (Å²) in [6, 6.07) is 5.58. The third-order valence-electron chi connectivity index (χ3n) is 3.90. The van der Waals surface area contributed by atoms with Gasteiger partial charge in [-0.3, -0.25) is 9.59 Å². The Labute approximate surface area is 137 Å². The number of hydrogen-bond donors (Lipinski definition) is 3. The molecule has 0 spiro atoms. The average Bonchev–Trinajstić information content (AvgIpc) is 3.09. The van der Waals surface area contributed by atoms with Gasteiger partial charge in [-0.05, 0) is 25.5 Å². The minimum absolute atomic E-state index is 0.174. The Kier molecular flexibility index (Phi) is 4.03. The van der Waals surface area contributed by atoms with E-state index < -0.39 is 5.97 Å². The Morgan fingerprint density at radius 3 is 2.88 bits per heavy atom. The van der Waals surface area contributed by atoms with E-state index in [1.165, 1.54) is 10.9 Å². The van der Waals surface area contributed by atoms with Gasteiger partial charge in [0, 0.05) is 11.1 Å². The van der Waals surface area contributed by atoms with Crippen molar-refractivity contribution in [3.8, 4) is 0 Å². The predicted octanol–water partition coefficient (Wildman–Crippen LogP) is 1.39. The summed E-state index contributed by atoms with van der Waals surface area (Å²) in [5.74, 6) is -1.23. The minimum Gasteiger partial charge on any atom is -0.480 e. The molecule has 0 aliphatic rings. The lowest BCUT2D eigenvalue weighted by molar-refractivity contribution is -0.137. The van der Waals surface area contributed by atoms with E-state index in [9.17, 15) is 9.59 Å². The maximum Gasteiger partial charge on any atom is 0.325 e. The SMILES string of the molecule is Cc1[nH]c2c(C(=O)NCc3cn(CC(=O)O)nn3)cccc2c1C. The molecule has 0 fully saturated rings. The van der Waals surface area contributed by atoms with E-state index in [-0.39, 0.29) is 19.0 Å². The van der Waals surface area contributed by atoms with Gasteiger partial charge in [0.15, 0.2) is 0 Å². The smallest absolute Gasteiger partial charge is 0.325 e. The number of benzene rings is 1. The summed E-state index contributed by atoms with van der Waals surface area (Å²) < 4.78 is 1.21. The fourth-order valence-corrected chi connectivity index (χ4v) is 2.57. The Bertz CT molecular complexity index is 925. The van der Waals surface area contributed by atoms with Crippen molar-refractivity contribution in [3.05, 3.63) is 46.9 Å². The second-order valence-electron chi connectivity index (χ2n) is 5.59. The van der Waals surface area contributed by atoms with Gasteiger partial charge in [-0.15, -0.1) is 5.10 Å². The first-order chi connectivity index (χ1) is 11.5. The van der Waals surface area contributed by atoms with Gasteiger partial charge >= 0.3 is 5.97 Å². The number of carboxylic acid groups (broad SMARTS) is 1. The minimum atomic E-state index is -1.00. The van der Waals surface area contributed by atoms with Crippen LogP contribution in [0.5, 0.6) is 0 Å². The van der Waals surface area contributed by atoms with Crippen LogP contribution in [0.2, 0.25) is 0 Å². The number of aliphatic carboxylic acids is 1. The Morgan fingerprint density at radius 1 is 1.33 bits per heavy atom. The lowest BCUT2D eigenvalue weighted by Gasteiger charge is -2.04. The number of rotatable bonds is 5. The van der Waals surface area contributed by atoms with Gasteiger partial charge in [-0.2, -0.15) is 0 Å². The highest BCUT2D eigenvalue weighted by Gasteiger charge is 2.14. The summed E-state index contributed by atoms with van der Waals surface area (Å²) in [7, 11) is 0. The molecule has 0 aliphatic heterocycles. The molecule has 3 N–H and O–H groups in total. The average molecular weight is 327 g/mol. The highest BCUT2D eigenvalue weighted by Crippen LogP contribution is 2.24. The normalized spacial score (nSPS) is 10.9. The van der Waals surface area contributed by atoms with E-state index in [1.807, 2.05) is 26.0 Å². The van der Waals surface area contributed by atoms with Gasteiger partial charge in [0.1, 0.15) is 12.2 Å². The largest absolute Gasteiger partial charge is 0.480 e. The van der Waals surface area contributed by atoms with Crippen LogP contribution in [0.15, 0.2) is 24.4 Å². The number of para-hydroxylation sites is 1. The van der Waals surface area contributed by atoms with E-state index in [4.69, 9.17) is 5.11 Å². The van der Waals surface area contributed by atoms with E-state index in [0.717, 1.165) is 22.2 Å². The standard InChI is InChI=1S/C16H17N5O3/c1-9-10(2)18-15-12(9)4-3-5-13(15)16(24)17-6-11-7-21(20-19-11)8-14(22)23/h3-5,7,18H,6,8H2,1-2H3,(H,17,24)(H,22,23). The maximum absolute atomic E-state index is 12.5. The Balaban J connectivity index is 1.75. The molecule has 2 heterocycles. The molecule has 1 amide bonds. The van der Waals surface area contributed by atoms with E-state index in [2.05, 4.69) is 20.6 Å². The number of carbonyl (C=O) groups excluding carboxylic acids is 1. The maximum atomic E-state index is 12.5. The van der Waals surface area contributed by atoms with Crippen molar-refractivity contribution in [1.29, 1.82) is 0 Å². The highest BCUT2D eigenvalue weighted by molar-refractivity contribution is 6.06. The topological polar surface area (TPSA) is 113 Å². The number of aromatic nitrogens is 4. The van der Waals surface area contributed by atoms with Crippen molar-refractivity contribution in [1.82, 2.24) is 25.3 Å². The molecule has 0 bridgehead atoms. The first-order valence-corrected chi connectivity index (χ1v) is 7.42. The highest BCUT2D eigenvalue weighted by atomic mass is 16.4. The molecule has 2 aromatic heterocycles. The summed E-state index contributed by atoms with van der Waals surface area (Å²) in [6.45, 7) is 3.89. The van der Waals surface area contributed by atoms with Crippen LogP contribution < -0.4 is 5.32 Å². The second-order valence-corrected chi connectivity index (χ2v) is 5.59. The van der Waals surface area contributed by atoms with Crippen LogP contribution in [0.3, 0.4) is 0 Å². The molecule has 3 rings (SSSR count). The lowest BCUT2D eigenvalue weighted by atomic mass is 10.1. The molecule has 0 atom stereocenters. The molecule has 3 aromatic rings. The van der Waals surface area contributed by atoms with E-state index >= 15 is 0 Å². The summed E-state index contributed by atoms with van der Waals surface area (Å²) >= 11 is 0. The number of fused-ring (bicyclic) bond motifs is 1. The van der Waals surface area contributed by atoms with Crippen LogP contribution in [-0.2, 0) is 17.9 Å². The second kappa shape index (κ2) is 6.15. The van der Waals surface area contributed by atoms with Crippen LogP contribution in [0.1, 0.15) is 27.3 Å². The van der Waals surface area contributed by atoms with Gasteiger partial charge < -0.3 is 15.4 Å². The van der Waals surface area contributed by atoms with Gasteiger partial charge in [0.05, 0.1) is 23.8 Å². The van der Waals surface area contributed by atoms with E-state index in [1.54, 1.807) is 6.07 Å². The quantitative estimate of drug-likeness (QED) is 0.655. The van der Waals surface area contributed by atoms with E-state index in [0.29, 0.717) is 11.3 Å². The van der Waals surface area contributed by atoms with Crippen molar-refractivity contribution >= 4 is 22.8 Å². The summed E-state index contributed by atoms with van der Waals surface area (Å²) in [5, 5.41) is 20.1. The first-order valence-electron chi connectivity index (χ1n) is 7.42. The molecule has 24 heavy (non-hydrogen) atoms. The summed E-state index contributed by atoms with van der Waals surface area (Å²) in [4.78, 5) is 26.3. The molecule has 0 radical (unpaired) electrons. The number of amides is 1. The molecule has 0 saturated heterocycles. The van der Waals surface area contributed by atoms with Gasteiger partial charge in [0.2, 0.25) is 0 Å². The molecule has 0 unspecified atom stereocenters. The van der Waals surface area contributed by atoms with Crippen LogP contribution in [0, 0.1) is 13.8 Å². The molecule has 124 valence electrons. The molecular formula is C16H17N5O3. The van der Waals surface area contributed by atoms with Crippen LogP contribution in [0.4, 0.5) is 0 Å².